The van der Waals surface area contributed by atoms with Crippen LogP contribution < -0.4 is 5.73 Å². The van der Waals surface area contributed by atoms with E-state index >= 15 is 0 Å². The van der Waals surface area contributed by atoms with Crippen LogP contribution >= 0.6 is 11.3 Å². The molecule has 2 rings (SSSR count). The van der Waals surface area contributed by atoms with Gasteiger partial charge in [-0.25, -0.2) is 4.98 Å². The summed E-state index contributed by atoms with van der Waals surface area (Å²) in [5.74, 6) is 0. The second kappa shape index (κ2) is 4.98. The first kappa shape index (κ1) is 12.3. The lowest BCUT2D eigenvalue weighted by Gasteiger charge is -2.01. The number of benzene rings is 1. The van der Waals surface area contributed by atoms with E-state index in [4.69, 9.17) is 5.73 Å². The summed E-state index contributed by atoms with van der Waals surface area (Å²) in [7, 11) is 0. The highest BCUT2D eigenvalue weighted by Crippen LogP contribution is 2.29. The Morgan fingerprint density at radius 3 is 2.59 bits per heavy atom. The lowest BCUT2D eigenvalue weighted by Crippen LogP contribution is -2.01. The molecule has 2 aromatic rings. The van der Waals surface area contributed by atoms with Gasteiger partial charge >= 0.3 is 0 Å². The van der Waals surface area contributed by atoms with Crippen molar-refractivity contribution < 1.29 is 0 Å². The molecule has 1 aromatic heterocycles. The highest BCUT2D eigenvalue weighted by Gasteiger charge is 2.09. The number of nitrogens with zero attached hydrogens (tertiary/aromatic N) is 1. The normalized spacial score (nSPS) is 10.8. The number of aromatic nitrogens is 1. The summed E-state index contributed by atoms with van der Waals surface area (Å²) in [5, 5.41) is 1.11. The van der Waals surface area contributed by atoms with Crippen molar-refractivity contribution >= 4 is 11.3 Å². The van der Waals surface area contributed by atoms with Gasteiger partial charge in [0, 0.05) is 10.4 Å². The summed E-state index contributed by atoms with van der Waals surface area (Å²) < 4.78 is 0. The van der Waals surface area contributed by atoms with E-state index in [-0.39, 0.29) is 0 Å². The molecule has 0 aliphatic heterocycles. The number of hydrogen-bond acceptors (Lipinski definition) is 3. The molecule has 0 unspecified atom stereocenters. The molecule has 0 saturated heterocycles. The molecule has 2 nitrogen and oxygen atoms in total. The van der Waals surface area contributed by atoms with Crippen LogP contribution in [0.2, 0.25) is 0 Å². The molecule has 0 saturated carbocycles. The van der Waals surface area contributed by atoms with Crippen LogP contribution in [0.25, 0.3) is 10.6 Å². The van der Waals surface area contributed by atoms with Crippen LogP contribution in [0.1, 0.15) is 21.7 Å². The highest BCUT2D eigenvalue weighted by molar-refractivity contribution is 7.15. The van der Waals surface area contributed by atoms with E-state index in [0.29, 0.717) is 6.54 Å². The third-order valence-electron chi connectivity index (χ3n) is 3.02. The van der Waals surface area contributed by atoms with E-state index in [1.165, 1.54) is 21.6 Å². The van der Waals surface area contributed by atoms with Crippen LogP contribution in [0, 0.1) is 20.8 Å². The zero-order chi connectivity index (χ0) is 12.4. The van der Waals surface area contributed by atoms with Gasteiger partial charge in [0.2, 0.25) is 0 Å². The van der Waals surface area contributed by atoms with Gasteiger partial charge in [0.05, 0.1) is 5.69 Å². The van der Waals surface area contributed by atoms with Crippen molar-refractivity contribution in [2.45, 2.75) is 27.2 Å². The molecule has 0 fully saturated rings. The van der Waals surface area contributed by atoms with Crippen LogP contribution in [-0.4, -0.2) is 11.5 Å². The van der Waals surface area contributed by atoms with E-state index in [1.807, 2.05) is 0 Å². The highest BCUT2D eigenvalue weighted by atomic mass is 32.1. The Morgan fingerprint density at radius 1 is 1.18 bits per heavy atom. The van der Waals surface area contributed by atoms with Crippen LogP contribution in [0.4, 0.5) is 0 Å². The molecular weight excluding hydrogens is 228 g/mol. The van der Waals surface area contributed by atoms with Crippen LogP contribution in [0.5, 0.6) is 0 Å². The Kier molecular flexibility index (Phi) is 3.60. The lowest BCUT2D eigenvalue weighted by atomic mass is 10.1. The molecule has 17 heavy (non-hydrogen) atoms. The van der Waals surface area contributed by atoms with E-state index in [2.05, 4.69) is 44.0 Å². The minimum absolute atomic E-state index is 0.690. The summed E-state index contributed by atoms with van der Waals surface area (Å²) in [4.78, 5) is 5.94. The molecule has 1 aromatic carbocycles. The zero-order valence-corrected chi connectivity index (χ0v) is 11.4. The minimum Gasteiger partial charge on any atom is -0.330 e. The van der Waals surface area contributed by atoms with Crippen molar-refractivity contribution in [3.05, 3.63) is 39.9 Å². The van der Waals surface area contributed by atoms with Gasteiger partial charge in [-0.15, -0.1) is 11.3 Å². The molecular formula is C14H18N2S. The van der Waals surface area contributed by atoms with Crippen molar-refractivity contribution in [2.75, 3.05) is 6.54 Å². The lowest BCUT2D eigenvalue weighted by molar-refractivity contribution is 0.970. The number of rotatable bonds is 3. The monoisotopic (exact) mass is 246 g/mol. The van der Waals surface area contributed by atoms with Crippen molar-refractivity contribution in [3.63, 3.8) is 0 Å². The minimum atomic E-state index is 0.690. The smallest absolute Gasteiger partial charge is 0.123 e. The number of aryl methyl sites for hydroxylation is 3. The van der Waals surface area contributed by atoms with Gasteiger partial charge in [0.1, 0.15) is 5.01 Å². The van der Waals surface area contributed by atoms with Crippen molar-refractivity contribution in [2.24, 2.45) is 5.73 Å². The number of hydrogen-bond donors (Lipinski definition) is 1. The molecule has 0 bridgehead atoms. The second-order valence-electron chi connectivity index (χ2n) is 4.37. The molecule has 0 atom stereocenters. The van der Waals surface area contributed by atoms with E-state index in [1.54, 1.807) is 11.3 Å². The molecule has 0 aliphatic rings. The fourth-order valence-corrected chi connectivity index (χ4v) is 2.86. The summed E-state index contributed by atoms with van der Waals surface area (Å²) in [6, 6.07) is 6.51. The standard InChI is InChI=1S/C14H18N2S/c1-9-4-5-12(8-10(9)2)14-16-11(3)13(17-14)6-7-15/h4-5,8H,6-7,15H2,1-3H3. The maximum Gasteiger partial charge on any atom is 0.123 e. The zero-order valence-electron chi connectivity index (χ0n) is 10.6. The Labute approximate surface area is 107 Å². The molecule has 0 spiro atoms. The molecule has 0 amide bonds. The van der Waals surface area contributed by atoms with E-state index in [9.17, 15) is 0 Å². The Morgan fingerprint density at radius 2 is 1.94 bits per heavy atom. The SMILES string of the molecule is Cc1ccc(-c2nc(C)c(CCN)s2)cc1C. The summed E-state index contributed by atoms with van der Waals surface area (Å²) in [6.07, 6.45) is 0.925. The first-order chi connectivity index (χ1) is 8.11. The third-order valence-corrected chi connectivity index (χ3v) is 4.28. The quantitative estimate of drug-likeness (QED) is 0.903. The van der Waals surface area contributed by atoms with E-state index < -0.39 is 0 Å². The van der Waals surface area contributed by atoms with Gasteiger partial charge in [0.15, 0.2) is 0 Å². The van der Waals surface area contributed by atoms with Crippen molar-refractivity contribution in [1.82, 2.24) is 4.98 Å². The number of thiazole rings is 1. The van der Waals surface area contributed by atoms with Gasteiger partial charge in [-0.05, 0) is 50.9 Å². The largest absolute Gasteiger partial charge is 0.330 e. The van der Waals surface area contributed by atoms with Crippen LogP contribution in [-0.2, 0) is 6.42 Å². The molecule has 3 heteroatoms. The van der Waals surface area contributed by atoms with Gasteiger partial charge in [0.25, 0.3) is 0 Å². The van der Waals surface area contributed by atoms with E-state index in [0.717, 1.165) is 17.1 Å². The fraction of sp³-hybridized carbons (Fsp3) is 0.357. The van der Waals surface area contributed by atoms with Gasteiger partial charge in [-0.3, -0.25) is 0 Å². The predicted octanol–water partition coefficient (Wildman–Crippen LogP) is 3.24. The topological polar surface area (TPSA) is 38.9 Å². The van der Waals surface area contributed by atoms with Gasteiger partial charge in [-0.1, -0.05) is 12.1 Å². The number of nitrogens with two attached hydrogens (primary N) is 1. The maximum atomic E-state index is 5.60. The Balaban J connectivity index is 2.39. The summed E-state index contributed by atoms with van der Waals surface area (Å²) >= 11 is 1.76. The predicted molar refractivity (Wildman–Crippen MR) is 74.5 cm³/mol. The average Bonchev–Trinajstić information content (AvgIpc) is 2.65. The van der Waals surface area contributed by atoms with Crippen LogP contribution in [0.15, 0.2) is 18.2 Å². The Bertz CT molecular complexity index is 529. The molecule has 2 N–H and O–H groups in total. The Hall–Kier alpha value is -1.19. The maximum absolute atomic E-state index is 5.60. The van der Waals surface area contributed by atoms with Crippen molar-refractivity contribution in [1.29, 1.82) is 0 Å². The fourth-order valence-electron chi connectivity index (χ4n) is 1.79. The van der Waals surface area contributed by atoms with Gasteiger partial charge < -0.3 is 5.73 Å². The summed E-state index contributed by atoms with van der Waals surface area (Å²) in [6.45, 7) is 7.02. The average molecular weight is 246 g/mol. The van der Waals surface area contributed by atoms with Crippen LogP contribution in [0.3, 0.4) is 0 Å². The summed E-state index contributed by atoms with van der Waals surface area (Å²) in [5.41, 5.74) is 10.6. The van der Waals surface area contributed by atoms with Crippen molar-refractivity contribution in [3.8, 4) is 10.6 Å². The molecule has 0 radical (unpaired) electrons. The van der Waals surface area contributed by atoms with Gasteiger partial charge in [-0.2, -0.15) is 0 Å². The molecule has 90 valence electrons. The second-order valence-corrected chi connectivity index (χ2v) is 5.45. The first-order valence-electron chi connectivity index (χ1n) is 5.86. The third kappa shape index (κ3) is 2.56. The molecule has 0 aliphatic carbocycles. The molecule has 1 heterocycles. The first-order valence-corrected chi connectivity index (χ1v) is 6.67.